The predicted octanol–water partition coefficient (Wildman–Crippen LogP) is 2.59. The van der Waals surface area contributed by atoms with Gasteiger partial charge in [-0.1, -0.05) is 0 Å². The molecule has 8 nitrogen and oxygen atoms in total. The van der Waals surface area contributed by atoms with Gasteiger partial charge in [-0.25, -0.2) is 14.6 Å². The smallest absolute Gasteiger partial charge is 0.254 e. The van der Waals surface area contributed by atoms with E-state index < -0.39 is 0 Å². The fraction of sp³-hybridized carbons (Fsp3) is 0.263. The van der Waals surface area contributed by atoms with Crippen LogP contribution in [0.5, 0.6) is 5.75 Å². The van der Waals surface area contributed by atoms with E-state index in [1.54, 1.807) is 18.0 Å². The lowest BCUT2D eigenvalue weighted by Crippen LogP contribution is -2.26. The maximum Gasteiger partial charge on any atom is 0.254 e. The molecule has 2 heterocycles. The molecule has 27 heavy (non-hydrogen) atoms. The molecule has 3 aromatic rings. The quantitative estimate of drug-likeness (QED) is 0.667. The number of anilines is 1. The molecule has 0 aliphatic carbocycles. The molecule has 3 rings (SSSR count). The molecule has 0 aliphatic heterocycles. The second kappa shape index (κ2) is 8.31. The summed E-state index contributed by atoms with van der Waals surface area (Å²) in [6.45, 7) is 4.58. The van der Waals surface area contributed by atoms with E-state index in [4.69, 9.17) is 4.74 Å². The number of ether oxygens (including phenoxy) is 1. The van der Waals surface area contributed by atoms with E-state index in [9.17, 15) is 4.79 Å². The highest BCUT2D eigenvalue weighted by Crippen LogP contribution is 2.17. The Bertz CT molecular complexity index is 889. The number of hydrogen-bond donors (Lipinski definition) is 2. The summed E-state index contributed by atoms with van der Waals surface area (Å²) in [6, 6.07) is 7.38. The Balaban J connectivity index is 1.66. The average molecular weight is 366 g/mol. The highest BCUT2D eigenvalue weighted by molar-refractivity contribution is 5.93. The molecule has 2 aromatic heterocycles. The molecule has 0 bridgehead atoms. The molecule has 0 fully saturated rings. The fourth-order valence-electron chi connectivity index (χ4n) is 2.49. The first-order chi connectivity index (χ1) is 13.1. The average Bonchev–Trinajstić information content (AvgIpc) is 3.19. The van der Waals surface area contributed by atoms with Gasteiger partial charge in [-0.3, -0.25) is 4.79 Å². The number of carbonyl (C=O) groups is 1. The number of aromatic nitrogens is 4. The van der Waals surface area contributed by atoms with Crippen molar-refractivity contribution in [2.45, 2.75) is 19.9 Å². The maximum absolute atomic E-state index is 12.4. The molecule has 0 saturated carbocycles. The van der Waals surface area contributed by atoms with Crippen molar-refractivity contribution in [3.05, 3.63) is 60.2 Å². The van der Waals surface area contributed by atoms with E-state index in [2.05, 4.69) is 25.7 Å². The number of nitrogens with one attached hydrogen (secondary N) is 2. The lowest BCUT2D eigenvalue weighted by Gasteiger charge is -2.12. The van der Waals surface area contributed by atoms with Gasteiger partial charge in [0.2, 0.25) is 5.95 Å². The largest absolute Gasteiger partial charge is 0.497 e. The molecule has 8 heteroatoms. The van der Waals surface area contributed by atoms with Crippen LogP contribution < -0.4 is 15.4 Å². The van der Waals surface area contributed by atoms with Crippen LogP contribution in [-0.4, -0.2) is 39.3 Å². The Morgan fingerprint density at radius 1 is 1.19 bits per heavy atom. The van der Waals surface area contributed by atoms with Gasteiger partial charge < -0.3 is 15.4 Å². The van der Waals surface area contributed by atoms with Crippen molar-refractivity contribution in [2.75, 3.05) is 19.0 Å². The summed E-state index contributed by atoms with van der Waals surface area (Å²) < 4.78 is 6.92. The first-order valence-electron chi connectivity index (χ1n) is 8.66. The molecule has 0 unspecified atom stereocenters. The van der Waals surface area contributed by atoms with Crippen molar-refractivity contribution in [1.82, 2.24) is 25.1 Å². The molecule has 0 spiro atoms. The minimum atomic E-state index is -0.234. The first kappa shape index (κ1) is 18.4. The van der Waals surface area contributed by atoms with Gasteiger partial charge in [0, 0.05) is 30.7 Å². The number of hydrogen-bond acceptors (Lipinski definition) is 6. The van der Waals surface area contributed by atoms with Crippen LogP contribution in [0, 0.1) is 0 Å². The zero-order valence-electron chi connectivity index (χ0n) is 15.5. The summed E-state index contributed by atoms with van der Waals surface area (Å²) in [5.74, 6) is 1.06. The van der Waals surface area contributed by atoms with E-state index in [1.165, 1.54) is 12.4 Å². The number of amides is 1. The molecule has 0 aliphatic rings. The van der Waals surface area contributed by atoms with Crippen LogP contribution in [-0.2, 0) is 0 Å². The normalized spacial score (nSPS) is 11.7. The summed E-state index contributed by atoms with van der Waals surface area (Å²) in [7, 11) is 1.63. The Hall–Kier alpha value is -3.42. The van der Waals surface area contributed by atoms with Gasteiger partial charge in [-0.05, 0) is 38.1 Å². The van der Waals surface area contributed by atoms with Gasteiger partial charge >= 0.3 is 0 Å². The van der Waals surface area contributed by atoms with E-state index in [1.807, 2.05) is 44.3 Å². The fourth-order valence-corrected chi connectivity index (χ4v) is 2.49. The molecule has 140 valence electrons. The summed E-state index contributed by atoms with van der Waals surface area (Å²) in [5.41, 5.74) is 2.21. The molecule has 0 saturated heterocycles. The van der Waals surface area contributed by atoms with E-state index in [-0.39, 0.29) is 11.9 Å². The first-order valence-corrected chi connectivity index (χ1v) is 8.66. The monoisotopic (exact) mass is 366 g/mol. The highest BCUT2D eigenvalue weighted by Gasteiger charge is 2.14. The van der Waals surface area contributed by atoms with E-state index in [0.717, 1.165) is 23.5 Å². The van der Waals surface area contributed by atoms with E-state index in [0.29, 0.717) is 11.5 Å². The zero-order chi connectivity index (χ0) is 19.2. The molecule has 2 N–H and O–H groups in total. The lowest BCUT2D eigenvalue weighted by molar-refractivity contribution is 0.0939. The van der Waals surface area contributed by atoms with Crippen molar-refractivity contribution in [3.8, 4) is 11.4 Å². The van der Waals surface area contributed by atoms with Crippen LogP contribution >= 0.6 is 0 Å². The van der Waals surface area contributed by atoms with Gasteiger partial charge in [-0.15, -0.1) is 0 Å². The van der Waals surface area contributed by atoms with Crippen LogP contribution in [0.15, 0.2) is 49.1 Å². The third kappa shape index (κ3) is 4.41. The second-order valence-corrected chi connectivity index (χ2v) is 5.94. The van der Waals surface area contributed by atoms with Crippen molar-refractivity contribution in [1.29, 1.82) is 0 Å². The number of methoxy groups -OCH3 is 1. The Morgan fingerprint density at radius 3 is 2.52 bits per heavy atom. The topological polar surface area (TPSA) is 94.0 Å². The van der Waals surface area contributed by atoms with Gasteiger partial charge in [-0.2, -0.15) is 5.10 Å². The molecule has 1 aromatic carbocycles. The highest BCUT2D eigenvalue weighted by atomic mass is 16.5. The number of rotatable bonds is 7. The molecular formula is C19H22N6O2. The van der Waals surface area contributed by atoms with Crippen LogP contribution in [0.25, 0.3) is 5.69 Å². The number of nitrogens with zero attached hydrogens (tertiary/aromatic N) is 4. The SMILES string of the molecule is CCNc1ncc(C(=O)N[C@@H](C)c2cnn(-c3ccc(OC)cc3)c2)cn1. The second-order valence-electron chi connectivity index (χ2n) is 5.94. The van der Waals surface area contributed by atoms with Crippen LogP contribution in [0.4, 0.5) is 5.95 Å². The van der Waals surface area contributed by atoms with Gasteiger partial charge in [0.15, 0.2) is 0 Å². The van der Waals surface area contributed by atoms with Crippen molar-refractivity contribution in [2.24, 2.45) is 0 Å². The van der Waals surface area contributed by atoms with Crippen LogP contribution in [0.3, 0.4) is 0 Å². The predicted molar refractivity (Wildman–Crippen MR) is 102 cm³/mol. The minimum Gasteiger partial charge on any atom is -0.497 e. The molecule has 1 amide bonds. The summed E-state index contributed by atoms with van der Waals surface area (Å²) >= 11 is 0. The Kier molecular flexibility index (Phi) is 5.65. The zero-order valence-corrected chi connectivity index (χ0v) is 15.5. The summed E-state index contributed by atoms with van der Waals surface area (Å²) in [5, 5.41) is 10.3. The Labute approximate surface area is 157 Å². The molecule has 1 atom stereocenters. The lowest BCUT2D eigenvalue weighted by atomic mass is 10.2. The van der Waals surface area contributed by atoms with Crippen molar-refractivity contribution in [3.63, 3.8) is 0 Å². The van der Waals surface area contributed by atoms with Gasteiger partial charge in [0.1, 0.15) is 5.75 Å². The minimum absolute atomic E-state index is 0.210. The van der Waals surface area contributed by atoms with Crippen molar-refractivity contribution < 1.29 is 9.53 Å². The molecular weight excluding hydrogens is 344 g/mol. The number of carbonyl (C=O) groups excluding carboxylic acids is 1. The third-order valence-corrected chi connectivity index (χ3v) is 4.04. The van der Waals surface area contributed by atoms with E-state index >= 15 is 0 Å². The maximum atomic E-state index is 12.4. The standard InChI is InChI=1S/C19H22N6O2/c1-4-20-19-21-9-14(10-22-19)18(26)24-13(2)15-11-23-25(12-15)16-5-7-17(27-3)8-6-16/h5-13H,4H2,1-3H3,(H,24,26)(H,20,21,22)/t13-/m0/s1. The molecule has 0 radical (unpaired) electrons. The van der Waals surface area contributed by atoms with Crippen LogP contribution in [0.2, 0.25) is 0 Å². The number of benzene rings is 1. The van der Waals surface area contributed by atoms with Gasteiger partial charge in [0.25, 0.3) is 5.91 Å². The summed E-state index contributed by atoms with van der Waals surface area (Å²) in [4.78, 5) is 20.6. The Morgan fingerprint density at radius 2 is 1.89 bits per heavy atom. The van der Waals surface area contributed by atoms with Crippen LogP contribution in [0.1, 0.15) is 35.8 Å². The third-order valence-electron chi connectivity index (χ3n) is 4.04. The summed E-state index contributed by atoms with van der Waals surface area (Å²) in [6.07, 6.45) is 6.64. The van der Waals surface area contributed by atoms with Gasteiger partial charge in [0.05, 0.1) is 30.6 Å². The van der Waals surface area contributed by atoms with Crippen molar-refractivity contribution >= 4 is 11.9 Å².